The normalized spacial score (nSPS) is 13.0. The van der Waals surface area contributed by atoms with Crippen molar-refractivity contribution in [2.45, 2.75) is 252 Å². The van der Waals surface area contributed by atoms with Crippen LogP contribution in [0.5, 0.6) is 0 Å². The number of esters is 3. The van der Waals surface area contributed by atoms with E-state index in [1.807, 2.05) is 0 Å². The molecule has 0 saturated carbocycles. The third-order valence-corrected chi connectivity index (χ3v) is 11.7. The molecule has 0 amide bonds. The van der Waals surface area contributed by atoms with E-state index in [9.17, 15) is 14.4 Å². The van der Waals surface area contributed by atoms with E-state index in [4.69, 9.17) is 14.2 Å². The first-order valence-electron chi connectivity index (χ1n) is 28.5. The second kappa shape index (κ2) is 57.4. The third kappa shape index (κ3) is 54.7. The van der Waals surface area contributed by atoms with Crippen LogP contribution in [0.1, 0.15) is 245 Å². The van der Waals surface area contributed by atoms with Crippen molar-refractivity contribution < 1.29 is 28.6 Å². The molecule has 6 heteroatoms. The van der Waals surface area contributed by atoms with Crippen LogP contribution in [-0.4, -0.2) is 37.2 Å². The first kappa shape index (κ1) is 65.8. The third-order valence-electron chi connectivity index (χ3n) is 11.7. The van der Waals surface area contributed by atoms with Gasteiger partial charge in [-0.1, -0.05) is 239 Å². The Hall–Kier alpha value is -4.19. The first-order chi connectivity index (χ1) is 34.5. The Morgan fingerprint density at radius 3 is 0.914 bits per heavy atom. The highest BCUT2D eigenvalue weighted by molar-refractivity contribution is 5.71. The number of carbonyl (C=O) groups is 3. The maximum atomic E-state index is 12.8. The fourth-order valence-corrected chi connectivity index (χ4v) is 7.41. The minimum atomic E-state index is -0.796. The van der Waals surface area contributed by atoms with E-state index >= 15 is 0 Å². The van der Waals surface area contributed by atoms with E-state index in [-0.39, 0.29) is 31.1 Å². The van der Waals surface area contributed by atoms with Crippen molar-refractivity contribution in [3.63, 3.8) is 0 Å². The highest BCUT2D eigenvalue weighted by Gasteiger charge is 2.19. The van der Waals surface area contributed by atoms with Crippen LogP contribution in [0.15, 0.2) is 122 Å². The number of carbonyl (C=O) groups excluding carboxylic acids is 3. The summed E-state index contributed by atoms with van der Waals surface area (Å²) < 4.78 is 16.8. The summed E-state index contributed by atoms with van der Waals surface area (Å²) in [6.45, 7) is 6.42. The molecule has 0 aromatic carbocycles. The maximum absolute atomic E-state index is 12.8. The van der Waals surface area contributed by atoms with Crippen molar-refractivity contribution in [3.8, 4) is 0 Å². The van der Waals surface area contributed by atoms with Gasteiger partial charge in [-0.2, -0.15) is 0 Å². The molecule has 0 spiro atoms. The van der Waals surface area contributed by atoms with E-state index in [0.717, 1.165) is 148 Å². The van der Waals surface area contributed by atoms with Gasteiger partial charge in [-0.15, -0.1) is 0 Å². The molecular formula is C64H104O6. The lowest BCUT2D eigenvalue weighted by atomic mass is 10.1. The predicted octanol–water partition coefficient (Wildman–Crippen LogP) is 19.3. The average molecular weight is 970 g/mol. The van der Waals surface area contributed by atoms with Gasteiger partial charge in [0.1, 0.15) is 13.2 Å². The summed E-state index contributed by atoms with van der Waals surface area (Å²) in [4.78, 5) is 38.0. The topological polar surface area (TPSA) is 78.9 Å². The Labute approximate surface area is 431 Å². The summed E-state index contributed by atoms with van der Waals surface area (Å²) in [7, 11) is 0. The van der Waals surface area contributed by atoms with Gasteiger partial charge in [0.15, 0.2) is 6.10 Å². The largest absolute Gasteiger partial charge is 0.462 e. The van der Waals surface area contributed by atoms with Crippen molar-refractivity contribution in [1.29, 1.82) is 0 Å². The van der Waals surface area contributed by atoms with E-state index in [0.29, 0.717) is 19.3 Å². The van der Waals surface area contributed by atoms with Crippen LogP contribution in [0.25, 0.3) is 0 Å². The molecule has 0 aromatic rings. The Balaban J connectivity index is 4.31. The van der Waals surface area contributed by atoms with Gasteiger partial charge in [0, 0.05) is 19.3 Å². The number of hydrogen-bond acceptors (Lipinski definition) is 6. The number of hydrogen-bond donors (Lipinski definition) is 0. The van der Waals surface area contributed by atoms with Crippen molar-refractivity contribution in [2.24, 2.45) is 0 Å². The van der Waals surface area contributed by atoms with Crippen LogP contribution in [0.2, 0.25) is 0 Å². The van der Waals surface area contributed by atoms with Crippen LogP contribution < -0.4 is 0 Å². The molecule has 0 rings (SSSR count). The molecule has 0 aliphatic heterocycles. The maximum Gasteiger partial charge on any atom is 0.306 e. The second-order valence-corrected chi connectivity index (χ2v) is 18.5. The Bertz CT molecular complexity index is 1490. The highest BCUT2D eigenvalue weighted by Crippen LogP contribution is 2.14. The van der Waals surface area contributed by atoms with Crippen molar-refractivity contribution in [2.75, 3.05) is 13.2 Å². The number of unbranched alkanes of at least 4 members (excludes halogenated alkanes) is 19. The molecule has 396 valence electrons. The van der Waals surface area contributed by atoms with Crippen LogP contribution in [0, 0.1) is 0 Å². The summed E-state index contributed by atoms with van der Waals surface area (Å²) in [5.41, 5.74) is 0. The van der Waals surface area contributed by atoms with Crippen LogP contribution in [0.4, 0.5) is 0 Å². The summed E-state index contributed by atoms with van der Waals surface area (Å²) in [5, 5.41) is 0. The molecule has 0 aliphatic carbocycles. The molecular weight excluding hydrogens is 865 g/mol. The monoisotopic (exact) mass is 969 g/mol. The van der Waals surface area contributed by atoms with Gasteiger partial charge in [-0.25, -0.2) is 0 Å². The SMILES string of the molecule is CC/C=C\C/C=C\C/C=C\C/C=C\C/C=C\C/C=C\C/C=C\C/C=C\CCCCCCC(=O)OCC(COC(=O)CCCCCCCCCCC)OC(=O)CCCCCCC/C=C\C/C=C\CCCC. The molecule has 1 atom stereocenters. The number of ether oxygens (including phenoxy) is 3. The molecule has 0 heterocycles. The highest BCUT2D eigenvalue weighted by atomic mass is 16.6. The van der Waals surface area contributed by atoms with Crippen LogP contribution in [0.3, 0.4) is 0 Å². The van der Waals surface area contributed by atoms with E-state index < -0.39 is 6.10 Å². The molecule has 0 N–H and O–H groups in total. The standard InChI is InChI=1S/C64H104O6/c1-4-7-10-13-16-19-21-23-25-26-27-28-29-30-31-32-33-34-35-36-37-38-39-41-42-45-48-51-54-57-63(66)69-60-61(59-68-62(65)56-53-50-47-44-18-15-12-9-6-3)70-64(67)58-55-52-49-46-43-40-24-22-20-17-14-11-8-5-2/h7,10,14,16-17,19,22-25,27-28,30-31,33-34,36-37,39,41,61H,4-6,8-9,11-13,15,18,20-21,26,29,32,35,38,40,42-60H2,1-3H3/b10-7-,17-14-,19-16-,24-22-,25-23-,28-27-,31-30-,34-33-,37-36-,41-39-. The zero-order valence-electron chi connectivity index (χ0n) is 45.2. The van der Waals surface area contributed by atoms with Gasteiger partial charge >= 0.3 is 17.9 Å². The van der Waals surface area contributed by atoms with E-state index in [2.05, 4.69) is 142 Å². The van der Waals surface area contributed by atoms with Gasteiger partial charge in [0.2, 0.25) is 0 Å². The average Bonchev–Trinajstić information content (AvgIpc) is 3.36. The van der Waals surface area contributed by atoms with Crippen LogP contribution in [-0.2, 0) is 28.6 Å². The zero-order chi connectivity index (χ0) is 50.7. The Morgan fingerprint density at radius 1 is 0.300 bits per heavy atom. The molecule has 0 aliphatic rings. The summed E-state index contributed by atoms with van der Waals surface area (Å²) in [6.07, 6.45) is 79.1. The van der Waals surface area contributed by atoms with Gasteiger partial charge in [-0.05, 0) is 109 Å². The lowest BCUT2D eigenvalue weighted by Crippen LogP contribution is -2.30. The minimum absolute atomic E-state index is 0.0931. The zero-order valence-corrected chi connectivity index (χ0v) is 45.2. The van der Waals surface area contributed by atoms with Crippen molar-refractivity contribution in [3.05, 3.63) is 122 Å². The smallest absolute Gasteiger partial charge is 0.306 e. The second-order valence-electron chi connectivity index (χ2n) is 18.5. The van der Waals surface area contributed by atoms with E-state index in [1.54, 1.807) is 0 Å². The van der Waals surface area contributed by atoms with Crippen LogP contribution >= 0.6 is 0 Å². The summed E-state index contributed by atoms with van der Waals surface area (Å²) in [5.74, 6) is -0.940. The quantitative estimate of drug-likeness (QED) is 0.0262. The molecule has 70 heavy (non-hydrogen) atoms. The molecule has 0 radical (unpaired) electrons. The molecule has 1 unspecified atom stereocenters. The molecule has 0 bridgehead atoms. The predicted molar refractivity (Wildman–Crippen MR) is 302 cm³/mol. The minimum Gasteiger partial charge on any atom is -0.462 e. The first-order valence-corrected chi connectivity index (χ1v) is 28.5. The number of allylic oxidation sites excluding steroid dienone is 20. The molecule has 0 aromatic heterocycles. The Morgan fingerprint density at radius 2 is 0.571 bits per heavy atom. The fraction of sp³-hybridized carbons (Fsp3) is 0.641. The lowest BCUT2D eigenvalue weighted by Gasteiger charge is -2.18. The van der Waals surface area contributed by atoms with Crippen molar-refractivity contribution in [1.82, 2.24) is 0 Å². The van der Waals surface area contributed by atoms with Gasteiger partial charge in [0.25, 0.3) is 0 Å². The molecule has 0 saturated heterocycles. The van der Waals surface area contributed by atoms with Gasteiger partial charge in [-0.3, -0.25) is 14.4 Å². The lowest BCUT2D eigenvalue weighted by molar-refractivity contribution is -0.167. The molecule has 0 fully saturated rings. The molecule has 6 nitrogen and oxygen atoms in total. The summed E-state index contributed by atoms with van der Waals surface area (Å²) in [6, 6.07) is 0. The van der Waals surface area contributed by atoms with Gasteiger partial charge in [0.05, 0.1) is 0 Å². The van der Waals surface area contributed by atoms with Gasteiger partial charge < -0.3 is 14.2 Å². The van der Waals surface area contributed by atoms with Crippen molar-refractivity contribution >= 4 is 17.9 Å². The Kier molecular flexibility index (Phi) is 54.0. The van der Waals surface area contributed by atoms with E-state index in [1.165, 1.54) is 57.8 Å². The summed E-state index contributed by atoms with van der Waals surface area (Å²) >= 11 is 0. The fourth-order valence-electron chi connectivity index (χ4n) is 7.41. The number of rotatable bonds is 50.